The van der Waals surface area contributed by atoms with E-state index in [1.807, 2.05) is 42.5 Å². The Balaban J connectivity index is 1.64. The number of amides is 1. The Kier molecular flexibility index (Phi) is 5.50. The first-order valence-corrected chi connectivity index (χ1v) is 8.13. The maximum Gasteiger partial charge on any atom is 0.262 e. The van der Waals surface area contributed by atoms with Crippen LogP contribution in [0.1, 0.15) is 11.3 Å². The Morgan fingerprint density at radius 3 is 2.68 bits per heavy atom. The van der Waals surface area contributed by atoms with E-state index in [1.54, 1.807) is 6.07 Å². The molecule has 1 aliphatic heterocycles. The molecule has 6 nitrogen and oxygen atoms in total. The Labute approximate surface area is 146 Å². The standard InChI is InChI=1S/C19H19N3O3/c20-13-16(19(23)21-14-15-4-2-1-3-5-15)12-17-6-7-18(25-17)22-8-10-24-11-9-22/h1-7,12H,8-11,14H2,(H,21,23)/b16-12-. The Hall–Kier alpha value is -3.04. The first-order valence-electron chi connectivity index (χ1n) is 8.13. The van der Waals surface area contributed by atoms with Gasteiger partial charge in [0.05, 0.1) is 13.2 Å². The van der Waals surface area contributed by atoms with Crippen molar-refractivity contribution in [2.45, 2.75) is 6.54 Å². The molecular formula is C19H19N3O3. The molecule has 128 valence electrons. The first kappa shape index (κ1) is 16.8. The molecule has 0 radical (unpaired) electrons. The van der Waals surface area contributed by atoms with Gasteiger partial charge in [-0.25, -0.2) is 0 Å². The van der Waals surface area contributed by atoms with Crippen LogP contribution in [0.15, 0.2) is 52.5 Å². The van der Waals surface area contributed by atoms with Gasteiger partial charge >= 0.3 is 0 Å². The molecule has 25 heavy (non-hydrogen) atoms. The molecule has 0 saturated carbocycles. The van der Waals surface area contributed by atoms with Gasteiger partial charge < -0.3 is 19.4 Å². The Morgan fingerprint density at radius 1 is 1.20 bits per heavy atom. The van der Waals surface area contributed by atoms with Gasteiger partial charge in [0.2, 0.25) is 0 Å². The van der Waals surface area contributed by atoms with Crippen molar-refractivity contribution in [3.05, 3.63) is 59.4 Å². The van der Waals surface area contributed by atoms with Crippen LogP contribution < -0.4 is 10.2 Å². The van der Waals surface area contributed by atoms with E-state index in [1.165, 1.54) is 6.08 Å². The number of nitriles is 1. The van der Waals surface area contributed by atoms with Gasteiger partial charge in [0, 0.05) is 31.8 Å². The highest BCUT2D eigenvalue weighted by Gasteiger charge is 2.15. The van der Waals surface area contributed by atoms with Crippen LogP contribution in [0.2, 0.25) is 0 Å². The van der Waals surface area contributed by atoms with E-state index in [0.717, 1.165) is 24.5 Å². The van der Waals surface area contributed by atoms with Gasteiger partial charge in [0.25, 0.3) is 5.91 Å². The van der Waals surface area contributed by atoms with Crippen molar-refractivity contribution < 1.29 is 13.9 Å². The number of morpholine rings is 1. The molecule has 2 aromatic rings. The summed E-state index contributed by atoms with van der Waals surface area (Å²) in [7, 11) is 0. The highest BCUT2D eigenvalue weighted by atomic mass is 16.5. The SMILES string of the molecule is N#C/C(=C/c1ccc(N2CCOCC2)o1)C(=O)NCc1ccccc1. The second kappa shape index (κ2) is 8.18. The lowest BCUT2D eigenvalue weighted by Gasteiger charge is -2.26. The summed E-state index contributed by atoms with van der Waals surface area (Å²) >= 11 is 0. The summed E-state index contributed by atoms with van der Waals surface area (Å²) in [5.41, 5.74) is 0.986. The molecule has 1 amide bonds. The number of benzene rings is 1. The topological polar surface area (TPSA) is 78.5 Å². The van der Waals surface area contributed by atoms with Crippen molar-refractivity contribution in [3.8, 4) is 6.07 Å². The van der Waals surface area contributed by atoms with E-state index in [2.05, 4.69) is 10.2 Å². The number of ether oxygens (including phenoxy) is 1. The van der Waals surface area contributed by atoms with Crippen LogP contribution in [0.3, 0.4) is 0 Å². The molecular weight excluding hydrogens is 318 g/mol. The number of nitrogens with one attached hydrogen (secondary N) is 1. The average Bonchev–Trinajstić information content (AvgIpc) is 3.14. The molecule has 1 fully saturated rings. The zero-order valence-corrected chi connectivity index (χ0v) is 13.8. The molecule has 0 spiro atoms. The zero-order chi connectivity index (χ0) is 17.5. The molecule has 0 atom stereocenters. The number of hydrogen-bond donors (Lipinski definition) is 1. The molecule has 0 unspecified atom stereocenters. The second-order valence-electron chi connectivity index (χ2n) is 5.61. The van der Waals surface area contributed by atoms with Gasteiger partial charge in [0.1, 0.15) is 17.4 Å². The molecule has 2 heterocycles. The fourth-order valence-electron chi connectivity index (χ4n) is 2.54. The highest BCUT2D eigenvalue weighted by Crippen LogP contribution is 2.21. The van der Waals surface area contributed by atoms with Gasteiger partial charge in [-0.05, 0) is 11.6 Å². The third-order valence-corrected chi connectivity index (χ3v) is 3.88. The number of furan rings is 1. The van der Waals surface area contributed by atoms with Crippen molar-refractivity contribution in [2.75, 3.05) is 31.2 Å². The fourth-order valence-corrected chi connectivity index (χ4v) is 2.54. The number of nitrogens with zero attached hydrogens (tertiary/aromatic N) is 2. The van der Waals surface area contributed by atoms with E-state index in [4.69, 9.17) is 9.15 Å². The predicted octanol–water partition coefficient (Wildman–Crippen LogP) is 2.34. The molecule has 0 bridgehead atoms. The summed E-state index contributed by atoms with van der Waals surface area (Å²) in [6.45, 7) is 3.23. The predicted molar refractivity (Wildman–Crippen MR) is 93.6 cm³/mol. The van der Waals surface area contributed by atoms with E-state index in [0.29, 0.717) is 25.5 Å². The molecule has 1 aliphatic rings. The quantitative estimate of drug-likeness (QED) is 0.669. The van der Waals surface area contributed by atoms with E-state index < -0.39 is 5.91 Å². The van der Waals surface area contributed by atoms with Crippen molar-refractivity contribution in [1.29, 1.82) is 5.26 Å². The number of carbonyl (C=O) groups excluding carboxylic acids is 1. The molecule has 1 aromatic heterocycles. The summed E-state index contributed by atoms with van der Waals surface area (Å²) in [4.78, 5) is 14.3. The number of hydrogen-bond acceptors (Lipinski definition) is 5. The lowest BCUT2D eigenvalue weighted by atomic mass is 10.2. The maximum absolute atomic E-state index is 12.2. The van der Waals surface area contributed by atoms with Gasteiger partial charge in [-0.1, -0.05) is 30.3 Å². The summed E-state index contributed by atoms with van der Waals surface area (Å²) in [6.07, 6.45) is 1.46. The lowest BCUT2D eigenvalue weighted by molar-refractivity contribution is -0.117. The minimum atomic E-state index is -0.421. The van der Waals surface area contributed by atoms with E-state index in [-0.39, 0.29) is 5.57 Å². The monoisotopic (exact) mass is 337 g/mol. The van der Waals surface area contributed by atoms with Crippen LogP contribution >= 0.6 is 0 Å². The first-order chi connectivity index (χ1) is 12.3. The van der Waals surface area contributed by atoms with Crippen molar-refractivity contribution in [3.63, 3.8) is 0 Å². The lowest BCUT2D eigenvalue weighted by Crippen LogP contribution is -2.35. The fraction of sp³-hybridized carbons (Fsp3) is 0.263. The van der Waals surface area contributed by atoms with Crippen molar-refractivity contribution in [1.82, 2.24) is 5.32 Å². The summed E-state index contributed by atoms with van der Waals surface area (Å²) in [5.74, 6) is 0.778. The van der Waals surface area contributed by atoms with Gasteiger partial charge in [-0.3, -0.25) is 4.79 Å². The highest BCUT2D eigenvalue weighted by molar-refractivity contribution is 6.01. The molecule has 3 rings (SSSR count). The van der Waals surface area contributed by atoms with Crippen LogP contribution in [-0.2, 0) is 16.1 Å². The normalized spacial score (nSPS) is 14.8. The van der Waals surface area contributed by atoms with Gasteiger partial charge in [-0.15, -0.1) is 0 Å². The molecule has 1 N–H and O–H groups in total. The molecule has 6 heteroatoms. The summed E-state index contributed by atoms with van der Waals surface area (Å²) in [6, 6.07) is 15.1. The van der Waals surface area contributed by atoms with Crippen LogP contribution in [0, 0.1) is 11.3 Å². The largest absolute Gasteiger partial charge is 0.441 e. The molecule has 1 saturated heterocycles. The number of anilines is 1. The van der Waals surface area contributed by atoms with Gasteiger partial charge in [-0.2, -0.15) is 5.26 Å². The summed E-state index contributed by atoms with van der Waals surface area (Å²) in [5, 5.41) is 12.0. The second-order valence-corrected chi connectivity index (χ2v) is 5.61. The van der Waals surface area contributed by atoms with Crippen molar-refractivity contribution >= 4 is 17.9 Å². The van der Waals surface area contributed by atoms with Gasteiger partial charge in [0.15, 0.2) is 5.88 Å². The third kappa shape index (κ3) is 4.49. The van der Waals surface area contributed by atoms with E-state index in [9.17, 15) is 10.1 Å². The number of rotatable bonds is 5. The minimum Gasteiger partial charge on any atom is -0.441 e. The van der Waals surface area contributed by atoms with Crippen LogP contribution in [0.25, 0.3) is 6.08 Å². The van der Waals surface area contributed by atoms with Crippen molar-refractivity contribution in [2.24, 2.45) is 0 Å². The van der Waals surface area contributed by atoms with Crippen LogP contribution in [0.4, 0.5) is 5.88 Å². The molecule has 0 aliphatic carbocycles. The van der Waals surface area contributed by atoms with E-state index >= 15 is 0 Å². The number of carbonyl (C=O) groups is 1. The average molecular weight is 337 g/mol. The molecule has 1 aromatic carbocycles. The minimum absolute atomic E-state index is 0.0128. The Bertz CT molecular complexity index is 784. The van der Waals surface area contributed by atoms with Crippen LogP contribution in [-0.4, -0.2) is 32.2 Å². The van der Waals surface area contributed by atoms with Crippen LogP contribution in [0.5, 0.6) is 0 Å². The third-order valence-electron chi connectivity index (χ3n) is 3.88. The maximum atomic E-state index is 12.2. The Morgan fingerprint density at radius 2 is 1.96 bits per heavy atom. The summed E-state index contributed by atoms with van der Waals surface area (Å²) < 4.78 is 11.0. The zero-order valence-electron chi connectivity index (χ0n) is 13.8. The smallest absolute Gasteiger partial charge is 0.262 e.